The van der Waals surface area contributed by atoms with Crippen molar-refractivity contribution in [2.75, 3.05) is 26.2 Å². The molecule has 2 fully saturated rings. The van der Waals surface area contributed by atoms with Crippen molar-refractivity contribution in [3.63, 3.8) is 0 Å². The predicted molar refractivity (Wildman–Crippen MR) is 81.6 cm³/mol. The zero-order valence-electron chi connectivity index (χ0n) is 14.1. The number of amides is 3. The van der Waals surface area contributed by atoms with Crippen LogP contribution in [0.3, 0.4) is 0 Å². The lowest BCUT2D eigenvalue weighted by atomic mass is 9.97. The number of likely N-dealkylation sites (tertiary alicyclic amines) is 2. The molecule has 0 unspecified atom stereocenters. The third kappa shape index (κ3) is 4.25. The van der Waals surface area contributed by atoms with Gasteiger partial charge in [0.1, 0.15) is 0 Å². The molecule has 144 valence electrons. The smallest absolute Gasteiger partial charge is 0.348 e. The molecule has 0 aliphatic carbocycles. The van der Waals surface area contributed by atoms with E-state index in [4.69, 9.17) is 0 Å². The fourth-order valence-corrected chi connectivity index (χ4v) is 3.22. The minimum atomic E-state index is -4.71. The fraction of sp³-hybridized carbons (Fsp3) is 0.733. The van der Waals surface area contributed by atoms with Crippen molar-refractivity contribution in [2.45, 2.75) is 38.4 Å². The van der Waals surface area contributed by atoms with Gasteiger partial charge in [-0.15, -0.1) is 0 Å². The number of hydrogen-bond acceptors (Lipinski definition) is 5. The lowest BCUT2D eigenvalue weighted by Crippen LogP contribution is -2.49. The number of hydrogen-bond donors (Lipinski definition) is 1. The molecule has 2 aliphatic heterocycles. The summed E-state index contributed by atoms with van der Waals surface area (Å²) in [5.41, 5.74) is 0. The maximum atomic E-state index is 12.4. The number of nitrogens with zero attached hydrogens (tertiary/aromatic N) is 4. The van der Waals surface area contributed by atoms with Gasteiger partial charge in [0, 0.05) is 26.2 Å². The summed E-state index contributed by atoms with van der Waals surface area (Å²) in [6, 6.07) is -0.0482. The average molecular weight is 375 g/mol. The van der Waals surface area contributed by atoms with E-state index in [1.165, 1.54) is 0 Å². The molecular weight excluding hydrogens is 355 g/mol. The normalized spacial score (nSPS) is 21.1. The Morgan fingerprint density at radius 1 is 1.15 bits per heavy atom. The molecule has 3 rings (SSSR count). The highest BCUT2D eigenvalue weighted by atomic mass is 19.4. The van der Waals surface area contributed by atoms with Gasteiger partial charge in [-0.2, -0.15) is 18.2 Å². The summed E-state index contributed by atoms with van der Waals surface area (Å²) in [5.74, 6) is -2.42. The first-order chi connectivity index (χ1) is 12.3. The molecule has 0 spiro atoms. The number of carbonyl (C=O) groups excluding carboxylic acids is 2. The first-order valence-electron chi connectivity index (χ1n) is 8.56. The topological polar surface area (TPSA) is 91.6 Å². The van der Waals surface area contributed by atoms with Gasteiger partial charge >= 0.3 is 18.1 Å². The van der Waals surface area contributed by atoms with Crippen molar-refractivity contribution in [3.05, 3.63) is 11.7 Å². The summed E-state index contributed by atoms with van der Waals surface area (Å²) < 4.78 is 41.4. The molecule has 1 atom stereocenters. The van der Waals surface area contributed by atoms with E-state index in [0.717, 1.165) is 25.9 Å². The Balaban J connectivity index is 1.51. The molecule has 1 aromatic rings. The number of rotatable bonds is 3. The predicted octanol–water partition coefficient (Wildman–Crippen LogP) is 1.63. The van der Waals surface area contributed by atoms with Crippen LogP contribution in [0.5, 0.6) is 0 Å². The van der Waals surface area contributed by atoms with E-state index in [1.807, 2.05) is 0 Å². The maximum Gasteiger partial charge on any atom is 0.471 e. The van der Waals surface area contributed by atoms with Gasteiger partial charge in [0.25, 0.3) is 0 Å². The number of alkyl halides is 3. The van der Waals surface area contributed by atoms with E-state index in [1.54, 1.807) is 9.80 Å². The van der Waals surface area contributed by atoms with Crippen LogP contribution in [0.4, 0.5) is 18.0 Å². The monoisotopic (exact) mass is 375 g/mol. The molecule has 8 nitrogen and oxygen atoms in total. The summed E-state index contributed by atoms with van der Waals surface area (Å²) in [4.78, 5) is 31.4. The summed E-state index contributed by atoms with van der Waals surface area (Å²) in [6.07, 6.45) is -1.40. The van der Waals surface area contributed by atoms with Crippen LogP contribution < -0.4 is 5.32 Å². The first-order valence-corrected chi connectivity index (χ1v) is 8.56. The highest BCUT2D eigenvalue weighted by Gasteiger charge is 2.38. The second-order valence-corrected chi connectivity index (χ2v) is 6.49. The van der Waals surface area contributed by atoms with Crippen LogP contribution in [0.1, 0.15) is 37.4 Å². The zero-order valence-corrected chi connectivity index (χ0v) is 14.1. The van der Waals surface area contributed by atoms with Crippen molar-refractivity contribution in [3.8, 4) is 0 Å². The van der Waals surface area contributed by atoms with E-state index in [-0.39, 0.29) is 24.3 Å². The van der Waals surface area contributed by atoms with E-state index in [2.05, 4.69) is 20.0 Å². The van der Waals surface area contributed by atoms with Crippen molar-refractivity contribution in [1.82, 2.24) is 25.3 Å². The molecule has 1 N–H and O–H groups in total. The second kappa shape index (κ2) is 7.50. The fourth-order valence-electron chi connectivity index (χ4n) is 3.22. The molecule has 26 heavy (non-hydrogen) atoms. The Hall–Kier alpha value is -2.33. The van der Waals surface area contributed by atoms with Gasteiger partial charge < -0.3 is 19.6 Å². The minimum Gasteiger partial charge on any atom is -0.348 e. The van der Waals surface area contributed by atoms with E-state index in [0.29, 0.717) is 25.9 Å². The van der Waals surface area contributed by atoms with Gasteiger partial charge in [0.05, 0.1) is 12.5 Å². The molecular formula is C15H20F3N5O3. The van der Waals surface area contributed by atoms with E-state index in [9.17, 15) is 22.8 Å². The third-order valence-electron chi connectivity index (χ3n) is 4.57. The molecule has 1 aromatic heterocycles. The van der Waals surface area contributed by atoms with Crippen molar-refractivity contribution in [1.29, 1.82) is 0 Å². The van der Waals surface area contributed by atoms with Gasteiger partial charge in [0.15, 0.2) is 5.82 Å². The highest BCUT2D eigenvalue weighted by Crippen LogP contribution is 2.27. The molecule has 11 heteroatoms. The molecule has 2 aliphatic rings. The SMILES string of the molecule is O=C(NCc1noc(C(F)(F)F)n1)[C@@H]1CCCN(C(=O)N2CCCC2)C1. The van der Waals surface area contributed by atoms with Crippen LogP contribution in [-0.4, -0.2) is 58.1 Å². The zero-order chi connectivity index (χ0) is 18.7. The lowest BCUT2D eigenvalue weighted by Gasteiger charge is -2.34. The molecule has 0 saturated carbocycles. The Morgan fingerprint density at radius 2 is 1.85 bits per heavy atom. The number of nitrogens with one attached hydrogen (secondary N) is 1. The standard InChI is InChI=1S/C15H20F3N5O3/c16-15(17,18)13-20-11(21-26-13)8-19-12(24)10-4-3-7-23(9-10)14(25)22-5-1-2-6-22/h10H,1-9H2,(H,19,24)/t10-/m1/s1. The molecule has 2 saturated heterocycles. The third-order valence-corrected chi connectivity index (χ3v) is 4.57. The number of piperidine rings is 1. The molecule has 0 aromatic carbocycles. The van der Waals surface area contributed by atoms with Gasteiger partial charge in [-0.3, -0.25) is 4.79 Å². The Kier molecular flexibility index (Phi) is 5.33. The molecule has 3 heterocycles. The van der Waals surface area contributed by atoms with Crippen LogP contribution in [0.15, 0.2) is 4.52 Å². The van der Waals surface area contributed by atoms with Crippen molar-refractivity contribution in [2.24, 2.45) is 5.92 Å². The number of aromatic nitrogens is 2. The highest BCUT2D eigenvalue weighted by molar-refractivity contribution is 5.80. The molecule has 0 radical (unpaired) electrons. The second-order valence-electron chi connectivity index (χ2n) is 6.49. The summed E-state index contributed by atoms with van der Waals surface area (Å²) in [5, 5.41) is 5.72. The van der Waals surface area contributed by atoms with E-state index < -0.39 is 18.0 Å². The van der Waals surface area contributed by atoms with Crippen LogP contribution in [0.2, 0.25) is 0 Å². The number of halogens is 3. The summed E-state index contributed by atoms with van der Waals surface area (Å²) >= 11 is 0. The Bertz CT molecular complexity index is 657. The number of carbonyl (C=O) groups is 2. The van der Waals surface area contributed by atoms with Crippen LogP contribution >= 0.6 is 0 Å². The van der Waals surface area contributed by atoms with Crippen LogP contribution in [0.25, 0.3) is 0 Å². The largest absolute Gasteiger partial charge is 0.471 e. The number of urea groups is 1. The average Bonchev–Trinajstić information content (AvgIpc) is 3.30. The summed E-state index contributed by atoms with van der Waals surface area (Å²) in [6.45, 7) is 2.15. The summed E-state index contributed by atoms with van der Waals surface area (Å²) in [7, 11) is 0. The Labute approximate surface area is 147 Å². The van der Waals surface area contributed by atoms with Crippen LogP contribution in [0, 0.1) is 5.92 Å². The quantitative estimate of drug-likeness (QED) is 0.867. The minimum absolute atomic E-state index is 0.0482. The van der Waals surface area contributed by atoms with Gasteiger partial charge in [-0.05, 0) is 25.7 Å². The maximum absolute atomic E-state index is 12.4. The lowest BCUT2D eigenvalue weighted by molar-refractivity contribution is -0.159. The molecule has 3 amide bonds. The van der Waals surface area contributed by atoms with Crippen molar-refractivity contribution >= 4 is 11.9 Å². The van der Waals surface area contributed by atoms with E-state index >= 15 is 0 Å². The Morgan fingerprint density at radius 3 is 2.50 bits per heavy atom. The van der Waals surface area contributed by atoms with Crippen LogP contribution in [-0.2, 0) is 17.5 Å². The van der Waals surface area contributed by atoms with Crippen molar-refractivity contribution < 1.29 is 27.3 Å². The van der Waals surface area contributed by atoms with Gasteiger partial charge in [-0.1, -0.05) is 5.16 Å². The first kappa shape index (κ1) is 18.5. The van der Waals surface area contributed by atoms with Gasteiger partial charge in [0.2, 0.25) is 5.91 Å². The molecule has 0 bridgehead atoms. The van der Waals surface area contributed by atoms with Gasteiger partial charge in [-0.25, -0.2) is 4.79 Å².